The second-order valence-corrected chi connectivity index (χ2v) is 38.9. The van der Waals surface area contributed by atoms with Crippen LogP contribution in [0.1, 0.15) is 102 Å². The van der Waals surface area contributed by atoms with Gasteiger partial charge in [-0.25, -0.2) is 24.3 Å². The Bertz CT molecular complexity index is 5550. The van der Waals surface area contributed by atoms with Crippen LogP contribution in [0.3, 0.4) is 0 Å². The first-order chi connectivity index (χ1) is 63.4. The lowest BCUT2D eigenvalue weighted by Gasteiger charge is -2.32. The Morgan fingerprint density at radius 3 is 1.09 bits per heavy atom. The maximum Gasteiger partial charge on any atom is 0.498 e. The summed E-state index contributed by atoms with van der Waals surface area (Å²) in [6.45, 7) is 15.4. The standard InChI is InChI=1S/C25H32BClF2N4O4.C22H22ClF2N5O2S.C19H20BrClF2N4O2.C13H7BrCl2F2N2O2.C6H14N2.C3H2BrNS.CH4/c1-23(2)24(3,4)37-26(36-23)20-13-16(14-30-21(20)33-12-11-18(15-33)32(5)6)22(34)31-17-7-9-19(10-8-17)35-25(27,28)29;1-29(2)17-7-8-30(12-17)20-19(15-11-27-33-13-15)9-14(10-26-20)21(31)28-16-3-5-18(6-4-16)32-22(23,24)25;1-26(2)14-7-8-27(11-14)17-16(20)9-12(10-24-17)18(28)25-13-3-5-15(6-4-13)29-19(21,22)23;14-10-5-7(6-19-11(10)15)12(21)20-8-1-3-9(4-2-8)22-13(16,17)18;1-8(2)6-3-4-7-5-6;4-3-1-5-6-2-3;/h7-10,13-14,18H,11-12,15H2,1-6H3,(H,31,34);3-6,9-11,13,17H,7-8,12H2,1-2H3,(H,28,31);3-6,9-10,14H,7-8,11H2,1-2H3,(H,25,28);1-6H,(H,20,21);6-7H,3-5H2,1-2H3;1-2H;1H4/t18-;17-;14-;;6-;;/m111.1../s1. The van der Waals surface area contributed by atoms with E-state index in [-0.39, 0.29) is 53.0 Å². The van der Waals surface area contributed by atoms with Crippen molar-refractivity contribution in [2.45, 2.75) is 118 Å². The topological polar surface area (TPSA) is 284 Å². The zero-order valence-corrected chi connectivity index (χ0v) is 85.0. The molecule has 0 bridgehead atoms. The first-order valence-corrected chi connectivity index (χ1v) is 47.4. The first kappa shape index (κ1) is 111. The summed E-state index contributed by atoms with van der Waals surface area (Å²) < 4.78 is 141. The normalized spacial score (nSPS) is 17.2. The number of anilines is 7. The van der Waals surface area contributed by atoms with Gasteiger partial charge in [0.2, 0.25) is 0 Å². The Hall–Kier alpha value is -8.67. The van der Waals surface area contributed by atoms with Crippen LogP contribution in [0.15, 0.2) is 183 Å². The van der Waals surface area contributed by atoms with Gasteiger partial charge in [0.15, 0.2) is 0 Å². The third-order valence-electron chi connectivity index (χ3n) is 21.8. The van der Waals surface area contributed by atoms with Gasteiger partial charge in [-0.05, 0) is 308 Å². The van der Waals surface area contributed by atoms with Crippen LogP contribution in [-0.4, -0.2) is 245 Å². The molecule has 0 saturated carbocycles. The lowest BCUT2D eigenvalue weighted by Crippen LogP contribution is -2.41. The van der Waals surface area contributed by atoms with Crippen molar-refractivity contribution in [3.05, 3.63) is 210 Å². The lowest BCUT2D eigenvalue weighted by molar-refractivity contribution is -0.0972. The Balaban J connectivity index is 0.000000195. The van der Waals surface area contributed by atoms with Crippen molar-refractivity contribution in [3.8, 4) is 34.1 Å². The van der Waals surface area contributed by atoms with Crippen LogP contribution in [0.25, 0.3) is 11.1 Å². The molecule has 136 heavy (non-hydrogen) atoms. The van der Waals surface area contributed by atoms with Crippen molar-refractivity contribution < 1.29 is 82.6 Å². The maximum absolute atomic E-state index is 13.1. The fraction of sp³-hybridized carbons (Fsp3) is 0.393. The molecule has 11 heterocycles. The van der Waals surface area contributed by atoms with E-state index in [1.54, 1.807) is 36.8 Å². The molecule has 47 heteroatoms. The summed E-state index contributed by atoms with van der Waals surface area (Å²) in [7, 11) is 15.9. The zero-order valence-electron chi connectivity index (χ0n) is 74.8. The van der Waals surface area contributed by atoms with Gasteiger partial charge in [-0.2, -0.15) is 4.37 Å². The number of hydrogen-bond acceptors (Lipinski definition) is 26. The number of carbonyl (C=O) groups is 4. The number of nitrogens with zero attached hydrogens (tertiary/aromatic N) is 13. The van der Waals surface area contributed by atoms with E-state index in [2.05, 4.69) is 224 Å². The molecule has 5 saturated heterocycles. The smallest absolute Gasteiger partial charge is 0.420 e. The van der Waals surface area contributed by atoms with Gasteiger partial charge in [0, 0.05) is 202 Å². The minimum absolute atomic E-state index is 0. The SMILES string of the molecule is Brc1cnsc1.C.CN(C)[C@@H]1CCN(c2ncc(C(=O)Nc3ccc(OC(F)(F)Cl)cc3)cc2-c2cnsc2)C1.CN(C)[C@@H]1CCN(c2ncc(C(=O)Nc3ccc(OC(F)(F)Cl)cc3)cc2B2OC(C)(C)C(C)(C)O2)C1.CN(C)[C@@H]1CCN(c2ncc(C(=O)Nc3ccc(OC(F)(F)Cl)cc3)cc2Br)C1.CN(C)[C@@H]1CCNC1.O=C(Nc1ccc(OC(F)(F)Cl)cc1)c1cnc(Cl)c(Br)c1. The number of likely N-dealkylation sites (N-methyl/N-ethyl adjacent to an activating group) is 4. The van der Waals surface area contributed by atoms with E-state index < -0.39 is 52.4 Å². The molecule has 5 fully saturated rings. The monoisotopic (exact) mass is 2220 g/mol. The number of hydrogen-bond donors (Lipinski definition) is 5. The Labute approximate surface area is 842 Å². The van der Waals surface area contributed by atoms with Crippen molar-refractivity contribution in [2.75, 3.05) is 145 Å². The molecule has 5 aliphatic rings. The van der Waals surface area contributed by atoms with Gasteiger partial charge >= 0.3 is 29.4 Å². The van der Waals surface area contributed by atoms with Gasteiger partial charge in [-0.3, -0.25) is 19.2 Å². The fourth-order valence-electron chi connectivity index (χ4n) is 13.8. The highest BCUT2D eigenvalue weighted by molar-refractivity contribution is 9.11. The number of halogens is 16. The first-order valence-electron chi connectivity index (χ1n) is 41.5. The molecule has 5 aliphatic heterocycles. The van der Waals surface area contributed by atoms with Gasteiger partial charge in [-0.15, -0.1) is 35.1 Å². The largest absolute Gasteiger partial charge is 0.498 e. The molecule has 0 spiro atoms. The average molecular weight is 2230 g/mol. The number of ether oxygens (including phenoxy) is 4. The van der Waals surface area contributed by atoms with Gasteiger partial charge in [0.05, 0.1) is 48.6 Å². The van der Waals surface area contributed by atoms with Gasteiger partial charge in [-0.1, -0.05) is 19.0 Å². The van der Waals surface area contributed by atoms with Crippen LogP contribution >= 0.6 is 129 Å². The third kappa shape index (κ3) is 34.1. The number of amides is 4. The molecular formula is C89H101BBr3Cl5F8N18O10S2. The van der Waals surface area contributed by atoms with Crippen molar-refractivity contribution in [3.63, 3.8) is 0 Å². The van der Waals surface area contributed by atoms with E-state index >= 15 is 0 Å². The minimum atomic E-state index is -3.82. The van der Waals surface area contributed by atoms with Crippen molar-refractivity contribution in [2.24, 2.45) is 0 Å². The van der Waals surface area contributed by atoms with Crippen molar-refractivity contribution in [1.29, 1.82) is 0 Å². The van der Waals surface area contributed by atoms with Crippen LogP contribution < -0.4 is 65.7 Å². The minimum Gasteiger partial charge on any atom is -0.420 e. The number of benzene rings is 4. The molecule has 10 aromatic rings. The summed E-state index contributed by atoms with van der Waals surface area (Å²) in [5.74, 6) is 0.267. The molecule has 4 aromatic carbocycles. The number of alkyl halides is 12. The average Bonchev–Trinajstić information content (AvgIpc) is 1.60. The van der Waals surface area contributed by atoms with E-state index in [0.29, 0.717) is 67.5 Å². The zero-order chi connectivity index (χ0) is 98.7. The van der Waals surface area contributed by atoms with Crippen molar-refractivity contribution >= 4 is 205 Å². The lowest BCUT2D eigenvalue weighted by atomic mass is 9.78. The highest BCUT2D eigenvalue weighted by atomic mass is 79.9. The van der Waals surface area contributed by atoms with E-state index in [1.165, 1.54) is 164 Å². The number of pyridine rings is 4. The summed E-state index contributed by atoms with van der Waals surface area (Å²) in [5.41, 5.74) is -10.9. The van der Waals surface area contributed by atoms with E-state index in [0.717, 1.165) is 102 Å². The molecule has 734 valence electrons. The third-order valence-corrected chi connectivity index (χ3v) is 25.7. The van der Waals surface area contributed by atoms with Crippen LogP contribution in [0, 0.1) is 0 Å². The molecule has 0 radical (unpaired) electrons. The van der Waals surface area contributed by atoms with E-state index in [1.807, 2.05) is 38.5 Å². The predicted octanol–water partition coefficient (Wildman–Crippen LogP) is 20.5. The number of carbonyl (C=O) groups excluding carboxylic acids is 4. The second-order valence-electron chi connectivity index (χ2n) is 32.9. The molecule has 0 unspecified atom stereocenters. The molecule has 5 N–H and O–H groups in total. The Morgan fingerprint density at radius 2 is 0.787 bits per heavy atom. The van der Waals surface area contributed by atoms with Crippen LogP contribution in [-0.2, 0) is 9.31 Å². The predicted molar refractivity (Wildman–Crippen MR) is 532 cm³/mol. The van der Waals surface area contributed by atoms with Crippen LogP contribution in [0.4, 0.5) is 75.3 Å². The molecular weight excluding hydrogens is 2130 g/mol. The molecule has 0 aliphatic carbocycles. The number of rotatable bonds is 25. The summed E-state index contributed by atoms with van der Waals surface area (Å²) >= 11 is 37.4. The van der Waals surface area contributed by atoms with Gasteiger partial charge < -0.3 is 89.1 Å². The Kier molecular flexibility index (Phi) is 40.3. The Morgan fingerprint density at radius 1 is 0.456 bits per heavy atom. The van der Waals surface area contributed by atoms with Crippen LogP contribution in [0.2, 0.25) is 5.15 Å². The van der Waals surface area contributed by atoms with Gasteiger partial charge in [0.25, 0.3) is 23.6 Å². The van der Waals surface area contributed by atoms with Crippen LogP contribution in [0.5, 0.6) is 23.0 Å². The van der Waals surface area contributed by atoms with E-state index in [4.69, 9.17) is 55.7 Å². The summed E-state index contributed by atoms with van der Waals surface area (Å²) in [6, 6.07) is 30.6. The molecule has 4 atom stereocenters. The summed E-state index contributed by atoms with van der Waals surface area (Å²) in [4.78, 5) is 83.5. The molecule has 6 aromatic heterocycles. The maximum atomic E-state index is 13.1. The molecule has 28 nitrogen and oxygen atoms in total. The van der Waals surface area contributed by atoms with E-state index in [9.17, 15) is 54.3 Å². The second kappa shape index (κ2) is 49.4. The van der Waals surface area contributed by atoms with Crippen molar-refractivity contribution in [1.82, 2.24) is 53.6 Å². The highest BCUT2D eigenvalue weighted by Crippen LogP contribution is 2.40. The summed E-state index contributed by atoms with van der Waals surface area (Å²) in [6.07, 6.45) is 13.8. The number of nitrogens with one attached hydrogen (secondary N) is 5. The summed E-state index contributed by atoms with van der Waals surface area (Å²) in [5, 5.41) is 18.2. The molecule has 15 rings (SSSR count). The van der Waals surface area contributed by atoms with Gasteiger partial charge in [0.1, 0.15) is 45.6 Å². The number of aromatic nitrogens is 6. The molecule has 4 amide bonds. The fourth-order valence-corrected chi connectivity index (χ4v) is 16.7. The quantitative estimate of drug-likeness (QED) is 0.0154. The highest BCUT2D eigenvalue weighted by Gasteiger charge is 2.53.